The molecule has 3 aromatic rings. The van der Waals surface area contributed by atoms with Crippen LogP contribution in [0.15, 0.2) is 58.4 Å². The molecule has 1 aromatic carbocycles. The zero-order chi connectivity index (χ0) is 23.3. The molecule has 8 heteroatoms. The largest absolute Gasteiger partial charge is 0.332 e. The third-order valence-corrected chi connectivity index (χ3v) is 9.26. The molecule has 2 aromatic heterocycles. The van der Waals surface area contributed by atoms with E-state index >= 15 is 0 Å². The lowest BCUT2D eigenvalue weighted by Gasteiger charge is -2.38. The highest BCUT2D eigenvalue weighted by Crippen LogP contribution is 2.40. The topological polar surface area (TPSA) is 89.3 Å². The van der Waals surface area contributed by atoms with Crippen molar-refractivity contribution in [1.29, 1.82) is 0 Å². The van der Waals surface area contributed by atoms with E-state index in [9.17, 15) is 18.0 Å². The fraction of sp³-hybridized carbons (Fsp3) is 0.400. The van der Waals surface area contributed by atoms with E-state index in [0.29, 0.717) is 35.3 Å². The first-order chi connectivity index (χ1) is 15.8. The number of sulfone groups is 1. The van der Waals surface area contributed by atoms with E-state index in [1.165, 1.54) is 0 Å². The molecule has 0 saturated carbocycles. The van der Waals surface area contributed by atoms with Gasteiger partial charge in [0.15, 0.2) is 9.84 Å². The normalized spacial score (nSPS) is 22.6. The van der Waals surface area contributed by atoms with Crippen molar-refractivity contribution in [2.75, 3.05) is 0 Å². The number of pyridine rings is 2. The van der Waals surface area contributed by atoms with E-state index < -0.39 is 15.1 Å². The van der Waals surface area contributed by atoms with Crippen molar-refractivity contribution in [3.8, 4) is 0 Å². The molecule has 2 fully saturated rings. The molecule has 2 atom stereocenters. The van der Waals surface area contributed by atoms with Gasteiger partial charge >= 0.3 is 0 Å². The second-order valence-corrected chi connectivity index (χ2v) is 11.3. The summed E-state index contributed by atoms with van der Waals surface area (Å²) in [6, 6.07) is 11.7. The Morgan fingerprint density at radius 3 is 2.36 bits per heavy atom. The average Bonchev–Trinajstić information content (AvgIpc) is 3.08. The van der Waals surface area contributed by atoms with Crippen molar-refractivity contribution in [3.63, 3.8) is 0 Å². The van der Waals surface area contributed by atoms with Crippen LogP contribution in [0.4, 0.5) is 0 Å². The van der Waals surface area contributed by atoms with E-state index in [0.717, 1.165) is 18.5 Å². The lowest BCUT2D eigenvalue weighted by atomic mass is 10.0. The van der Waals surface area contributed by atoms with E-state index in [-0.39, 0.29) is 29.0 Å². The summed E-state index contributed by atoms with van der Waals surface area (Å²) in [7, 11) is -3.47. The maximum atomic E-state index is 13.6. The minimum atomic E-state index is -3.47. The highest BCUT2D eigenvalue weighted by molar-refractivity contribution is 7.92. The third-order valence-electron chi connectivity index (χ3n) is 7.07. The number of carbonyl (C=O) groups excluding carboxylic acids is 1. The zero-order valence-electron chi connectivity index (χ0n) is 18.8. The molecule has 0 aliphatic carbocycles. The van der Waals surface area contributed by atoms with E-state index in [2.05, 4.69) is 4.98 Å². The predicted octanol–water partition coefficient (Wildman–Crippen LogP) is 3.33. The van der Waals surface area contributed by atoms with Gasteiger partial charge in [-0.1, -0.05) is 18.2 Å². The minimum Gasteiger partial charge on any atom is -0.332 e. The SMILES string of the molecule is CCn1cc(C(=O)N2C3CCC2CC(S(=O)(=O)c2ccccc2)C3)c(=O)c2ccc(C)nc21. The Bertz CT molecular complexity index is 1380. The van der Waals surface area contributed by atoms with Gasteiger partial charge in [-0.15, -0.1) is 0 Å². The quantitative estimate of drug-likeness (QED) is 0.590. The lowest BCUT2D eigenvalue weighted by Crippen LogP contribution is -2.50. The Labute approximate surface area is 193 Å². The number of hydrogen-bond acceptors (Lipinski definition) is 5. The van der Waals surface area contributed by atoms with Gasteiger partial charge in [0.1, 0.15) is 11.2 Å². The van der Waals surface area contributed by atoms with Crippen LogP contribution in [0.1, 0.15) is 48.7 Å². The molecule has 2 saturated heterocycles. The van der Waals surface area contributed by atoms with Gasteiger partial charge in [0.2, 0.25) is 5.43 Å². The molecule has 2 aliphatic rings. The summed E-state index contributed by atoms with van der Waals surface area (Å²) in [5.41, 5.74) is 1.21. The Kier molecular flexibility index (Phi) is 5.35. The molecule has 5 rings (SSSR count). The van der Waals surface area contributed by atoms with Crippen LogP contribution in [0, 0.1) is 6.92 Å². The summed E-state index contributed by atoms with van der Waals surface area (Å²) in [5.74, 6) is -0.298. The molecule has 0 N–H and O–H groups in total. The number of benzene rings is 1. The fourth-order valence-corrected chi connectivity index (χ4v) is 7.28. The van der Waals surface area contributed by atoms with Gasteiger partial charge in [-0.05, 0) is 63.8 Å². The van der Waals surface area contributed by atoms with Crippen molar-refractivity contribution in [2.45, 2.75) is 68.3 Å². The van der Waals surface area contributed by atoms with Crippen LogP contribution >= 0.6 is 0 Å². The van der Waals surface area contributed by atoms with Gasteiger partial charge in [0.25, 0.3) is 5.91 Å². The average molecular weight is 466 g/mol. The van der Waals surface area contributed by atoms with Crippen molar-refractivity contribution < 1.29 is 13.2 Å². The van der Waals surface area contributed by atoms with Crippen LogP contribution < -0.4 is 5.43 Å². The van der Waals surface area contributed by atoms with Crippen molar-refractivity contribution in [1.82, 2.24) is 14.5 Å². The van der Waals surface area contributed by atoms with Crippen LogP contribution in [-0.2, 0) is 16.4 Å². The number of aromatic nitrogens is 2. The number of carbonyl (C=O) groups is 1. The molecule has 33 heavy (non-hydrogen) atoms. The fourth-order valence-electron chi connectivity index (χ4n) is 5.41. The van der Waals surface area contributed by atoms with E-state index in [1.54, 1.807) is 53.6 Å². The maximum Gasteiger partial charge on any atom is 0.259 e. The van der Waals surface area contributed by atoms with Crippen LogP contribution in [0.25, 0.3) is 11.0 Å². The van der Waals surface area contributed by atoms with Gasteiger partial charge in [0.05, 0.1) is 15.5 Å². The molecule has 4 heterocycles. The highest BCUT2D eigenvalue weighted by Gasteiger charge is 2.47. The highest BCUT2D eigenvalue weighted by atomic mass is 32.2. The molecular formula is C25H27N3O4S. The minimum absolute atomic E-state index is 0.135. The van der Waals surface area contributed by atoms with Crippen LogP contribution in [-0.4, -0.2) is 46.1 Å². The second-order valence-electron chi connectivity index (χ2n) is 9.03. The van der Waals surface area contributed by atoms with Gasteiger partial charge in [-0.25, -0.2) is 13.4 Å². The summed E-state index contributed by atoms with van der Waals surface area (Å²) in [6.45, 7) is 4.40. The van der Waals surface area contributed by atoms with E-state index in [4.69, 9.17) is 0 Å². The first kappa shape index (κ1) is 21.8. The van der Waals surface area contributed by atoms with Gasteiger partial charge < -0.3 is 9.47 Å². The molecule has 0 spiro atoms. The van der Waals surface area contributed by atoms with E-state index in [1.807, 2.05) is 18.4 Å². The Morgan fingerprint density at radius 1 is 1.06 bits per heavy atom. The number of nitrogens with zero attached hydrogens (tertiary/aromatic N) is 3. The molecule has 0 radical (unpaired) electrons. The van der Waals surface area contributed by atoms with Gasteiger partial charge in [-0.3, -0.25) is 9.59 Å². The summed E-state index contributed by atoms with van der Waals surface area (Å²) < 4.78 is 28.2. The van der Waals surface area contributed by atoms with Crippen molar-refractivity contribution >= 4 is 26.8 Å². The Balaban J connectivity index is 1.48. The molecule has 2 unspecified atom stereocenters. The number of hydrogen-bond donors (Lipinski definition) is 0. The molecule has 1 amide bonds. The molecule has 172 valence electrons. The lowest BCUT2D eigenvalue weighted by molar-refractivity contribution is 0.0596. The molecular weight excluding hydrogens is 438 g/mol. The monoisotopic (exact) mass is 465 g/mol. The summed E-state index contributed by atoms with van der Waals surface area (Å²) in [4.78, 5) is 33.5. The first-order valence-corrected chi connectivity index (χ1v) is 13.0. The summed E-state index contributed by atoms with van der Waals surface area (Å²) in [5, 5.41) is -0.0836. The second kappa shape index (κ2) is 8.09. The number of rotatable bonds is 4. The Morgan fingerprint density at radius 2 is 1.73 bits per heavy atom. The number of fused-ring (bicyclic) bond motifs is 3. The van der Waals surface area contributed by atoms with Crippen LogP contribution in [0.5, 0.6) is 0 Å². The van der Waals surface area contributed by atoms with Crippen molar-refractivity contribution in [3.05, 3.63) is 70.1 Å². The first-order valence-electron chi connectivity index (χ1n) is 11.4. The molecule has 7 nitrogen and oxygen atoms in total. The van der Waals surface area contributed by atoms with Crippen LogP contribution in [0.2, 0.25) is 0 Å². The van der Waals surface area contributed by atoms with Crippen molar-refractivity contribution in [2.24, 2.45) is 0 Å². The van der Waals surface area contributed by atoms with Gasteiger partial charge in [0, 0.05) is 30.5 Å². The summed E-state index contributed by atoms with van der Waals surface area (Å²) >= 11 is 0. The smallest absolute Gasteiger partial charge is 0.259 e. The maximum absolute atomic E-state index is 13.6. The van der Waals surface area contributed by atoms with Crippen LogP contribution in [0.3, 0.4) is 0 Å². The number of aryl methyl sites for hydroxylation is 2. The Hall–Kier alpha value is -3.00. The summed E-state index contributed by atoms with van der Waals surface area (Å²) in [6.07, 6.45) is 3.93. The zero-order valence-corrected chi connectivity index (χ0v) is 19.6. The molecule has 2 aliphatic heterocycles. The predicted molar refractivity (Wildman–Crippen MR) is 126 cm³/mol. The standard InChI is InChI=1S/C25H27N3O4S/c1-3-27-15-22(23(29)21-12-9-16(2)26-24(21)27)25(30)28-17-10-11-18(28)14-20(13-17)33(31,32)19-7-5-4-6-8-19/h4-9,12,15,17-18,20H,3,10-11,13-14H2,1-2H3. The number of piperidine rings is 1. The molecule has 2 bridgehead atoms. The van der Waals surface area contributed by atoms with Gasteiger partial charge in [-0.2, -0.15) is 0 Å². The third kappa shape index (κ3) is 3.57. The number of amides is 1.